The van der Waals surface area contributed by atoms with Gasteiger partial charge in [-0.05, 0) is 42.4 Å². The maximum atomic E-state index is 14.9. The molecule has 2 heterocycles. The van der Waals surface area contributed by atoms with E-state index in [1.165, 1.54) is 21.7 Å². The molecule has 3 aromatic rings. The summed E-state index contributed by atoms with van der Waals surface area (Å²) in [7, 11) is 0. The lowest BCUT2D eigenvalue weighted by atomic mass is 9.81. The van der Waals surface area contributed by atoms with Gasteiger partial charge in [0.25, 0.3) is 17.7 Å². The zero-order valence-corrected chi connectivity index (χ0v) is 29.5. The molecule has 1 aromatic heterocycles. The first-order chi connectivity index (χ1) is 24.7. The van der Waals surface area contributed by atoms with Gasteiger partial charge in [0.05, 0.1) is 17.8 Å². The summed E-state index contributed by atoms with van der Waals surface area (Å²) in [5.74, 6) is -3.90. The van der Waals surface area contributed by atoms with Gasteiger partial charge in [0.15, 0.2) is 0 Å². The molecule has 0 fully saturated rings. The van der Waals surface area contributed by atoms with E-state index in [1.807, 2.05) is 51.1 Å². The third-order valence-electron chi connectivity index (χ3n) is 8.59. The summed E-state index contributed by atoms with van der Waals surface area (Å²) in [5, 5.41) is 14.7. The van der Waals surface area contributed by atoms with Crippen LogP contribution in [0.2, 0.25) is 0 Å². The van der Waals surface area contributed by atoms with Crippen LogP contribution in [0.25, 0.3) is 5.69 Å². The SMILES string of the molecule is CC(C)(C)C(c1nn(-c2cc(F)ccc2F)cc1Cc1ccccc1)N(CC[C@H](N)C(=O)NNC(=O)CCCCCN1C(=O)C=CC1=O)C(=O)CO. The second kappa shape index (κ2) is 17.8. The number of hydrogen-bond acceptors (Lipinski definition) is 8. The van der Waals surface area contributed by atoms with Crippen molar-refractivity contribution in [3.63, 3.8) is 0 Å². The molecule has 52 heavy (non-hydrogen) atoms. The second-order valence-electron chi connectivity index (χ2n) is 13.7. The van der Waals surface area contributed by atoms with Crippen LogP contribution in [-0.2, 0) is 30.4 Å². The number of aliphatic hydroxyl groups excluding tert-OH is 1. The zero-order valence-electron chi connectivity index (χ0n) is 29.5. The van der Waals surface area contributed by atoms with Gasteiger partial charge in [-0.3, -0.25) is 39.7 Å². The summed E-state index contributed by atoms with van der Waals surface area (Å²) in [6, 6.07) is 10.5. The number of nitrogens with one attached hydrogen (secondary N) is 2. The van der Waals surface area contributed by atoms with Crippen molar-refractivity contribution in [2.45, 2.75) is 71.4 Å². The Morgan fingerprint density at radius 3 is 2.33 bits per heavy atom. The standard InChI is InChI=1S/C37H45F2N7O6/c1-37(2,3)35(34-25(20-24-10-6-4-7-11-24)22-46(43-34)29-21-26(38)13-14-27(29)39)45(33(51)23-47)19-17-28(40)36(52)42-41-30(48)12-8-5-9-18-44-31(49)15-16-32(44)50/h4,6-7,10-11,13-16,21-22,28,35,47H,5,8-9,12,17-20,23,40H2,1-3H3,(H,41,48)(H,42,52)/t28-,35?/m0/s1. The van der Waals surface area contributed by atoms with Crippen molar-refractivity contribution in [1.82, 2.24) is 30.4 Å². The number of halogens is 2. The van der Waals surface area contributed by atoms with Crippen molar-refractivity contribution in [3.8, 4) is 5.69 Å². The minimum Gasteiger partial charge on any atom is -0.387 e. The number of nitrogens with zero attached hydrogens (tertiary/aromatic N) is 4. The molecule has 0 radical (unpaired) electrons. The van der Waals surface area contributed by atoms with Gasteiger partial charge in [0, 0.05) is 55.9 Å². The number of hydrazine groups is 1. The van der Waals surface area contributed by atoms with Crippen LogP contribution in [0.1, 0.15) is 75.7 Å². The highest BCUT2D eigenvalue weighted by Gasteiger charge is 2.38. The van der Waals surface area contributed by atoms with Crippen LogP contribution in [0.3, 0.4) is 0 Å². The number of unbranched alkanes of at least 4 members (excludes halogenated alkanes) is 2. The lowest BCUT2D eigenvalue weighted by Gasteiger charge is -2.40. The smallest absolute Gasteiger partial charge is 0.255 e. The van der Waals surface area contributed by atoms with Crippen LogP contribution >= 0.6 is 0 Å². The lowest BCUT2D eigenvalue weighted by molar-refractivity contribution is -0.140. The largest absolute Gasteiger partial charge is 0.387 e. The van der Waals surface area contributed by atoms with Crippen molar-refractivity contribution in [3.05, 3.63) is 95.3 Å². The third kappa shape index (κ3) is 10.4. The number of aliphatic hydroxyl groups is 1. The Labute approximate surface area is 300 Å². The molecular formula is C37H45F2N7O6. The fraction of sp³-hybridized carbons (Fsp3) is 0.405. The number of carbonyl (C=O) groups is 5. The van der Waals surface area contributed by atoms with E-state index in [4.69, 9.17) is 10.8 Å². The summed E-state index contributed by atoms with van der Waals surface area (Å²) >= 11 is 0. The number of nitrogens with two attached hydrogens (primary N) is 1. The van der Waals surface area contributed by atoms with Crippen LogP contribution in [-0.4, -0.2) is 80.0 Å². The highest BCUT2D eigenvalue weighted by atomic mass is 19.1. The molecule has 4 rings (SSSR count). The topological polar surface area (TPSA) is 180 Å². The molecule has 0 bridgehead atoms. The molecule has 5 amide bonds. The number of benzene rings is 2. The summed E-state index contributed by atoms with van der Waals surface area (Å²) in [4.78, 5) is 64.3. The number of amides is 5. The van der Waals surface area contributed by atoms with Gasteiger partial charge in [-0.15, -0.1) is 0 Å². The Hall–Kier alpha value is -5.28. The van der Waals surface area contributed by atoms with Gasteiger partial charge in [-0.2, -0.15) is 5.10 Å². The minimum absolute atomic E-state index is 0.0595. The molecule has 278 valence electrons. The summed E-state index contributed by atoms with van der Waals surface area (Å²) in [6.45, 7) is 4.93. The molecule has 15 heteroatoms. The predicted octanol–water partition coefficient (Wildman–Crippen LogP) is 3.00. The molecule has 1 unspecified atom stereocenters. The van der Waals surface area contributed by atoms with E-state index >= 15 is 0 Å². The number of rotatable bonds is 16. The molecule has 0 spiro atoms. The van der Waals surface area contributed by atoms with Crippen LogP contribution in [0.5, 0.6) is 0 Å². The quantitative estimate of drug-likeness (QED) is 0.0991. The minimum atomic E-state index is -1.17. The van der Waals surface area contributed by atoms with Crippen LogP contribution in [0.4, 0.5) is 8.78 Å². The first-order valence-electron chi connectivity index (χ1n) is 17.1. The fourth-order valence-electron chi connectivity index (χ4n) is 5.98. The van der Waals surface area contributed by atoms with Crippen molar-refractivity contribution >= 4 is 29.5 Å². The molecule has 0 saturated carbocycles. The molecule has 1 aliphatic heterocycles. The Kier molecular flexibility index (Phi) is 13.5. The average Bonchev–Trinajstić information content (AvgIpc) is 3.66. The molecule has 1 aliphatic rings. The van der Waals surface area contributed by atoms with Crippen molar-refractivity contribution in [1.29, 1.82) is 0 Å². The van der Waals surface area contributed by atoms with E-state index in [0.29, 0.717) is 36.9 Å². The summed E-state index contributed by atoms with van der Waals surface area (Å²) < 4.78 is 30.4. The number of hydrogen-bond donors (Lipinski definition) is 4. The Balaban J connectivity index is 1.44. The van der Waals surface area contributed by atoms with Crippen molar-refractivity contribution in [2.24, 2.45) is 11.1 Å². The third-order valence-corrected chi connectivity index (χ3v) is 8.59. The molecule has 0 saturated heterocycles. The zero-order chi connectivity index (χ0) is 38.0. The predicted molar refractivity (Wildman–Crippen MR) is 187 cm³/mol. The molecule has 2 aromatic carbocycles. The first kappa shape index (κ1) is 39.5. The van der Waals surface area contributed by atoms with Gasteiger partial charge in [-0.1, -0.05) is 57.5 Å². The van der Waals surface area contributed by atoms with E-state index in [0.717, 1.165) is 28.7 Å². The van der Waals surface area contributed by atoms with E-state index in [9.17, 15) is 37.9 Å². The fourth-order valence-corrected chi connectivity index (χ4v) is 5.98. The van der Waals surface area contributed by atoms with E-state index in [1.54, 1.807) is 6.20 Å². The normalized spacial score (nSPS) is 14.0. The van der Waals surface area contributed by atoms with Gasteiger partial charge in [0.1, 0.15) is 23.9 Å². The highest BCUT2D eigenvalue weighted by molar-refractivity contribution is 6.12. The average molecular weight is 722 g/mol. The Morgan fingerprint density at radius 2 is 1.67 bits per heavy atom. The number of imide groups is 1. The van der Waals surface area contributed by atoms with E-state index in [2.05, 4.69) is 10.9 Å². The van der Waals surface area contributed by atoms with Crippen molar-refractivity contribution < 1.29 is 37.9 Å². The van der Waals surface area contributed by atoms with Crippen molar-refractivity contribution in [2.75, 3.05) is 19.7 Å². The highest BCUT2D eigenvalue weighted by Crippen LogP contribution is 2.40. The summed E-state index contributed by atoms with van der Waals surface area (Å²) in [6.07, 6.45) is 5.94. The maximum Gasteiger partial charge on any atom is 0.255 e. The van der Waals surface area contributed by atoms with E-state index in [-0.39, 0.29) is 43.4 Å². The lowest BCUT2D eigenvalue weighted by Crippen LogP contribution is -2.51. The maximum absolute atomic E-state index is 14.9. The number of aromatic nitrogens is 2. The first-order valence-corrected chi connectivity index (χ1v) is 17.1. The van der Waals surface area contributed by atoms with Gasteiger partial charge >= 0.3 is 0 Å². The summed E-state index contributed by atoms with van der Waals surface area (Å²) in [5.41, 5.74) is 11.9. The van der Waals surface area contributed by atoms with Gasteiger partial charge in [-0.25, -0.2) is 13.5 Å². The van der Waals surface area contributed by atoms with Crippen LogP contribution < -0.4 is 16.6 Å². The molecule has 0 aliphatic carbocycles. The Morgan fingerprint density at radius 1 is 0.981 bits per heavy atom. The van der Waals surface area contributed by atoms with E-state index < -0.39 is 53.5 Å². The monoisotopic (exact) mass is 721 g/mol. The van der Waals surface area contributed by atoms with Gasteiger partial charge < -0.3 is 15.7 Å². The van der Waals surface area contributed by atoms with Crippen LogP contribution in [0.15, 0.2) is 66.9 Å². The molecule has 2 atom stereocenters. The van der Waals surface area contributed by atoms with Crippen LogP contribution in [0, 0.1) is 17.0 Å². The Bertz CT molecular complexity index is 1770. The molecule has 13 nitrogen and oxygen atoms in total. The van der Waals surface area contributed by atoms with Gasteiger partial charge in [0.2, 0.25) is 11.8 Å². The second-order valence-corrected chi connectivity index (χ2v) is 13.7. The number of carbonyl (C=O) groups excluding carboxylic acids is 5. The molecular weight excluding hydrogens is 676 g/mol. The molecule has 5 N–H and O–H groups in total.